The summed E-state index contributed by atoms with van der Waals surface area (Å²) >= 11 is 3.37. The Morgan fingerprint density at radius 1 is 1.42 bits per heavy atom. The molecule has 0 bridgehead atoms. The highest BCUT2D eigenvalue weighted by Gasteiger charge is 2.43. The van der Waals surface area contributed by atoms with E-state index in [1.165, 1.54) is 0 Å². The Balaban J connectivity index is 1.76. The molecule has 1 aromatic rings. The average molecular weight is 330 g/mol. The molecule has 3 unspecified atom stereocenters. The topological polar surface area (TPSA) is 43.6 Å². The third-order valence-corrected chi connectivity index (χ3v) is 4.71. The van der Waals surface area contributed by atoms with E-state index in [0.717, 1.165) is 49.5 Å². The van der Waals surface area contributed by atoms with E-state index in [1.54, 1.807) is 0 Å². The molecule has 106 valence electrons. The Hall–Kier alpha value is -0.360. The third-order valence-electron chi connectivity index (χ3n) is 4.28. The number of halogens is 1. The predicted molar refractivity (Wildman–Crippen MR) is 75.1 cm³/mol. The molecule has 0 aliphatic carbocycles. The molecule has 1 aromatic heterocycles. The van der Waals surface area contributed by atoms with Crippen LogP contribution in [-0.2, 0) is 9.47 Å². The van der Waals surface area contributed by atoms with Gasteiger partial charge in [-0.15, -0.1) is 0 Å². The van der Waals surface area contributed by atoms with Gasteiger partial charge in [0.15, 0.2) is 4.67 Å². The number of furan rings is 1. The highest BCUT2D eigenvalue weighted by molar-refractivity contribution is 9.10. The van der Waals surface area contributed by atoms with Crippen LogP contribution < -0.4 is 5.32 Å². The van der Waals surface area contributed by atoms with Gasteiger partial charge in [-0.2, -0.15) is 0 Å². The maximum Gasteiger partial charge on any atom is 0.169 e. The lowest BCUT2D eigenvalue weighted by atomic mass is 9.80. The van der Waals surface area contributed by atoms with Crippen LogP contribution in [0, 0.1) is 5.92 Å². The first-order valence-electron chi connectivity index (χ1n) is 6.87. The van der Waals surface area contributed by atoms with Crippen LogP contribution in [0.3, 0.4) is 0 Å². The van der Waals surface area contributed by atoms with Crippen molar-refractivity contribution in [3.05, 3.63) is 22.6 Å². The zero-order chi connectivity index (χ0) is 13.3. The largest absolute Gasteiger partial charge is 0.453 e. The molecule has 0 radical (unpaired) electrons. The maximum absolute atomic E-state index is 6.00. The van der Waals surface area contributed by atoms with Crippen molar-refractivity contribution in [1.82, 2.24) is 5.32 Å². The summed E-state index contributed by atoms with van der Waals surface area (Å²) in [5, 5.41) is 3.40. The Morgan fingerprint density at radius 3 is 2.95 bits per heavy atom. The summed E-state index contributed by atoms with van der Waals surface area (Å²) in [4.78, 5) is 0. The first-order valence-corrected chi connectivity index (χ1v) is 7.66. The van der Waals surface area contributed by atoms with Crippen LogP contribution in [-0.4, -0.2) is 32.5 Å². The molecule has 2 aliphatic heterocycles. The molecule has 1 N–H and O–H groups in total. The molecule has 2 fully saturated rings. The molecule has 0 saturated carbocycles. The fourth-order valence-electron chi connectivity index (χ4n) is 3.32. The van der Waals surface area contributed by atoms with E-state index in [0.29, 0.717) is 5.92 Å². The smallest absolute Gasteiger partial charge is 0.169 e. The SMILES string of the molecule is CNC(c1ccc(Br)o1)C1CCOC2(CCOC2)C1. The van der Waals surface area contributed by atoms with Gasteiger partial charge in [-0.25, -0.2) is 0 Å². The van der Waals surface area contributed by atoms with E-state index in [-0.39, 0.29) is 11.6 Å². The van der Waals surface area contributed by atoms with Gasteiger partial charge < -0.3 is 19.2 Å². The minimum absolute atomic E-state index is 0.0537. The molecule has 1 spiro atoms. The molecule has 4 nitrogen and oxygen atoms in total. The standard InChI is InChI=1S/C14H20BrNO3/c1-16-13(11-2-3-12(15)19-11)10-4-6-18-14(8-10)5-7-17-9-14/h2-3,10,13,16H,4-9H2,1H3. The lowest BCUT2D eigenvalue weighted by Gasteiger charge is -2.39. The molecule has 0 aromatic carbocycles. The Labute approximate surface area is 122 Å². The summed E-state index contributed by atoms with van der Waals surface area (Å²) in [6, 6.07) is 4.24. The first-order chi connectivity index (χ1) is 9.22. The van der Waals surface area contributed by atoms with Crippen molar-refractivity contribution in [2.24, 2.45) is 5.92 Å². The van der Waals surface area contributed by atoms with Crippen LogP contribution in [0.1, 0.15) is 31.1 Å². The molecule has 0 amide bonds. The van der Waals surface area contributed by atoms with E-state index in [4.69, 9.17) is 13.9 Å². The van der Waals surface area contributed by atoms with Crippen molar-refractivity contribution in [3.63, 3.8) is 0 Å². The minimum atomic E-state index is -0.0537. The van der Waals surface area contributed by atoms with Gasteiger partial charge in [0.1, 0.15) is 5.76 Å². The Morgan fingerprint density at radius 2 is 2.32 bits per heavy atom. The van der Waals surface area contributed by atoms with Crippen LogP contribution in [0.2, 0.25) is 0 Å². The quantitative estimate of drug-likeness (QED) is 0.926. The second kappa shape index (κ2) is 5.56. The number of rotatable bonds is 3. The normalized spacial score (nSPS) is 32.8. The van der Waals surface area contributed by atoms with Crippen molar-refractivity contribution >= 4 is 15.9 Å². The van der Waals surface area contributed by atoms with Crippen molar-refractivity contribution in [1.29, 1.82) is 0 Å². The lowest BCUT2D eigenvalue weighted by molar-refractivity contribution is -0.104. The fourth-order valence-corrected chi connectivity index (χ4v) is 3.64. The van der Waals surface area contributed by atoms with Gasteiger partial charge in [0.05, 0.1) is 18.2 Å². The number of ether oxygens (including phenoxy) is 2. The van der Waals surface area contributed by atoms with E-state index in [1.807, 2.05) is 19.2 Å². The van der Waals surface area contributed by atoms with E-state index < -0.39 is 0 Å². The predicted octanol–water partition coefficient (Wildman–Crippen LogP) is 2.89. The minimum Gasteiger partial charge on any atom is -0.453 e. The van der Waals surface area contributed by atoms with Gasteiger partial charge >= 0.3 is 0 Å². The average Bonchev–Trinajstić information content (AvgIpc) is 3.01. The molecule has 3 atom stereocenters. The summed E-state index contributed by atoms with van der Waals surface area (Å²) in [5.74, 6) is 1.52. The molecule has 2 saturated heterocycles. The van der Waals surface area contributed by atoms with Gasteiger partial charge in [0, 0.05) is 19.6 Å². The molecule has 3 heterocycles. The molecule has 2 aliphatic rings. The first kappa shape index (κ1) is 13.6. The molecule has 3 rings (SSSR count). The highest BCUT2D eigenvalue weighted by atomic mass is 79.9. The third kappa shape index (κ3) is 2.75. The Bertz CT molecular complexity index is 428. The fraction of sp³-hybridized carbons (Fsp3) is 0.714. The molecule has 5 heteroatoms. The van der Waals surface area contributed by atoms with E-state index in [9.17, 15) is 0 Å². The van der Waals surface area contributed by atoms with E-state index in [2.05, 4.69) is 21.2 Å². The second-order valence-corrected chi connectivity index (χ2v) is 6.28. The zero-order valence-corrected chi connectivity index (χ0v) is 12.7. The zero-order valence-electron chi connectivity index (χ0n) is 11.2. The van der Waals surface area contributed by atoms with Gasteiger partial charge in [-0.3, -0.25) is 0 Å². The number of hydrogen-bond donors (Lipinski definition) is 1. The number of hydrogen-bond acceptors (Lipinski definition) is 4. The summed E-state index contributed by atoms with van der Waals surface area (Å²) < 4.78 is 18.0. The molecular weight excluding hydrogens is 310 g/mol. The van der Waals surface area contributed by atoms with Gasteiger partial charge in [-0.1, -0.05) is 0 Å². The van der Waals surface area contributed by atoms with Gasteiger partial charge in [0.25, 0.3) is 0 Å². The second-order valence-electron chi connectivity index (χ2n) is 5.50. The molecule has 19 heavy (non-hydrogen) atoms. The van der Waals surface area contributed by atoms with Gasteiger partial charge in [0.2, 0.25) is 0 Å². The van der Waals surface area contributed by atoms with Gasteiger partial charge in [-0.05, 0) is 53.9 Å². The van der Waals surface area contributed by atoms with Crippen LogP contribution in [0.4, 0.5) is 0 Å². The summed E-state index contributed by atoms with van der Waals surface area (Å²) in [6.07, 6.45) is 3.12. The van der Waals surface area contributed by atoms with Crippen LogP contribution in [0.15, 0.2) is 21.2 Å². The monoisotopic (exact) mass is 329 g/mol. The maximum atomic E-state index is 6.00. The van der Waals surface area contributed by atoms with Crippen molar-refractivity contribution in [3.8, 4) is 0 Å². The van der Waals surface area contributed by atoms with Crippen LogP contribution >= 0.6 is 15.9 Å². The van der Waals surface area contributed by atoms with E-state index >= 15 is 0 Å². The van der Waals surface area contributed by atoms with Crippen LogP contribution in [0.25, 0.3) is 0 Å². The Kier molecular flexibility index (Phi) is 3.98. The highest BCUT2D eigenvalue weighted by Crippen LogP contribution is 2.41. The van der Waals surface area contributed by atoms with Crippen LogP contribution in [0.5, 0.6) is 0 Å². The lowest BCUT2D eigenvalue weighted by Crippen LogP contribution is -2.43. The summed E-state index contributed by atoms with van der Waals surface area (Å²) in [5.41, 5.74) is -0.0537. The summed E-state index contributed by atoms with van der Waals surface area (Å²) in [7, 11) is 1.99. The number of nitrogens with one attached hydrogen (secondary N) is 1. The summed E-state index contributed by atoms with van der Waals surface area (Å²) in [6.45, 7) is 2.37. The molecular formula is C14H20BrNO3. The van der Waals surface area contributed by atoms with Crippen molar-refractivity contribution in [2.45, 2.75) is 30.9 Å². The van der Waals surface area contributed by atoms with Crippen molar-refractivity contribution in [2.75, 3.05) is 26.9 Å². The van der Waals surface area contributed by atoms with Crippen molar-refractivity contribution < 1.29 is 13.9 Å².